The lowest BCUT2D eigenvalue weighted by Crippen LogP contribution is -2.02. The minimum Gasteiger partial charge on any atom is -0.465 e. The first kappa shape index (κ1) is 18.0. The van der Waals surface area contributed by atoms with Gasteiger partial charge in [0, 0.05) is 27.5 Å². The van der Waals surface area contributed by atoms with Gasteiger partial charge in [-0.05, 0) is 49.4 Å². The van der Waals surface area contributed by atoms with Crippen LogP contribution in [0.25, 0.3) is 10.9 Å². The third-order valence-corrected chi connectivity index (χ3v) is 3.70. The molecule has 3 aromatic rings. The van der Waals surface area contributed by atoms with E-state index in [0.29, 0.717) is 10.6 Å². The topological polar surface area (TPSA) is 51.2 Å². The SMILES string of the molecule is COC(=O)c1ccc2nc(C)cc(Nc3cccc(Cl)c3)c2c1.Cl. The number of fused-ring (bicyclic) bond motifs is 1. The second-order valence-electron chi connectivity index (χ2n) is 5.17. The maximum Gasteiger partial charge on any atom is 0.337 e. The molecule has 0 aliphatic carbocycles. The largest absolute Gasteiger partial charge is 0.465 e. The number of hydrogen-bond acceptors (Lipinski definition) is 4. The summed E-state index contributed by atoms with van der Waals surface area (Å²) in [6.45, 7) is 1.93. The highest BCUT2D eigenvalue weighted by Crippen LogP contribution is 2.28. The highest BCUT2D eigenvalue weighted by Gasteiger charge is 2.10. The highest BCUT2D eigenvalue weighted by molar-refractivity contribution is 6.30. The Labute approximate surface area is 151 Å². The number of nitrogens with zero attached hydrogens (tertiary/aromatic N) is 1. The van der Waals surface area contributed by atoms with Crippen LogP contribution in [-0.4, -0.2) is 18.1 Å². The maximum absolute atomic E-state index is 11.8. The van der Waals surface area contributed by atoms with E-state index in [2.05, 4.69) is 10.3 Å². The van der Waals surface area contributed by atoms with Crippen LogP contribution in [0.1, 0.15) is 16.1 Å². The van der Waals surface area contributed by atoms with Gasteiger partial charge in [-0.15, -0.1) is 12.4 Å². The second kappa shape index (κ2) is 7.51. The van der Waals surface area contributed by atoms with E-state index in [4.69, 9.17) is 16.3 Å². The number of ether oxygens (including phenoxy) is 1. The Hall–Kier alpha value is -2.30. The molecule has 0 radical (unpaired) electrons. The zero-order valence-electron chi connectivity index (χ0n) is 13.2. The first-order valence-corrected chi connectivity index (χ1v) is 7.47. The molecule has 3 rings (SSSR count). The van der Waals surface area contributed by atoms with Gasteiger partial charge >= 0.3 is 5.97 Å². The molecule has 0 bridgehead atoms. The summed E-state index contributed by atoms with van der Waals surface area (Å²) in [4.78, 5) is 16.3. The van der Waals surface area contributed by atoms with E-state index in [1.807, 2.05) is 43.3 Å². The van der Waals surface area contributed by atoms with Gasteiger partial charge in [-0.2, -0.15) is 0 Å². The lowest BCUT2D eigenvalue weighted by molar-refractivity contribution is 0.0601. The van der Waals surface area contributed by atoms with E-state index in [9.17, 15) is 4.79 Å². The molecule has 1 N–H and O–H groups in total. The third-order valence-electron chi connectivity index (χ3n) is 3.46. The number of carbonyl (C=O) groups is 1. The van der Waals surface area contributed by atoms with Crippen molar-refractivity contribution in [3.8, 4) is 0 Å². The van der Waals surface area contributed by atoms with Crippen LogP contribution in [0.15, 0.2) is 48.5 Å². The van der Waals surface area contributed by atoms with Crippen molar-refractivity contribution in [2.24, 2.45) is 0 Å². The molecule has 1 heterocycles. The van der Waals surface area contributed by atoms with Crippen LogP contribution in [0.3, 0.4) is 0 Å². The van der Waals surface area contributed by atoms with Gasteiger partial charge in [-0.3, -0.25) is 4.98 Å². The summed E-state index contributed by atoms with van der Waals surface area (Å²) < 4.78 is 4.79. The summed E-state index contributed by atoms with van der Waals surface area (Å²) in [5.74, 6) is -0.374. The first-order chi connectivity index (χ1) is 11.1. The number of anilines is 2. The molecule has 4 nitrogen and oxygen atoms in total. The monoisotopic (exact) mass is 362 g/mol. The Morgan fingerprint density at radius 1 is 1.17 bits per heavy atom. The molecule has 0 aliphatic rings. The maximum atomic E-state index is 11.8. The van der Waals surface area contributed by atoms with Gasteiger partial charge < -0.3 is 10.1 Å². The van der Waals surface area contributed by atoms with Gasteiger partial charge in [0.1, 0.15) is 0 Å². The Kier molecular flexibility index (Phi) is 5.65. The Bertz CT molecular complexity index is 897. The molecule has 0 unspecified atom stereocenters. The number of pyridine rings is 1. The van der Waals surface area contributed by atoms with E-state index in [1.54, 1.807) is 12.1 Å². The summed E-state index contributed by atoms with van der Waals surface area (Å²) in [5.41, 5.74) is 3.91. The average molecular weight is 363 g/mol. The van der Waals surface area contributed by atoms with Crippen LogP contribution in [0.5, 0.6) is 0 Å². The van der Waals surface area contributed by atoms with Crippen molar-refractivity contribution in [3.05, 3.63) is 64.8 Å². The van der Waals surface area contributed by atoms with E-state index >= 15 is 0 Å². The van der Waals surface area contributed by atoms with Crippen LogP contribution in [-0.2, 0) is 4.74 Å². The molecular weight excluding hydrogens is 347 g/mol. The van der Waals surface area contributed by atoms with Crippen LogP contribution in [0.2, 0.25) is 5.02 Å². The van der Waals surface area contributed by atoms with E-state index in [1.165, 1.54) is 7.11 Å². The lowest BCUT2D eigenvalue weighted by atomic mass is 10.1. The minimum atomic E-state index is -0.374. The number of methoxy groups -OCH3 is 1. The molecule has 0 amide bonds. The van der Waals surface area contributed by atoms with Crippen molar-refractivity contribution in [1.29, 1.82) is 0 Å². The number of nitrogens with one attached hydrogen (secondary N) is 1. The standard InChI is InChI=1S/C18H15ClN2O2.ClH/c1-11-8-17(21-14-5-3-4-13(19)10-14)15-9-12(18(22)23-2)6-7-16(15)20-11;/h3-10H,1-2H3,(H,20,21);1H. The highest BCUT2D eigenvalue weighted by atomic mass is 35.5. The van der Waals surface area contributed by atoms with Gasteiger partial charge in [0.15, 0.2) is 0 Å². The minimum absolute atomic E-state index is 0. The predicted octanol–water partition coefficient (Wildman–Crippen LogP) is 5.15. The van der Waals surface area contributed by atoms with Crippen LogP contribution in [0.4, 0.5) is 11.4 Å². The summed E-state index contributed by atoms with van der Waals surface area (Å²) in [6, 6.07) is 14.7. The molecule has 0 saturated carbocycles. The zero-order valence-corrected chi connectivity index (χ0v) is 14.7. The van der Waals surface area contributed by atoms with Gasteiger partial charge in [0.2, 0.25) is 0 Å². The Balaban J connectivity index is 0.00000208. The summed E-state index contributed by atoms with van der Waals surface area (Å²) in [7, 11) is 1.37. The van der Waals surface area contributed by atoms with Crippen molar-refractivity contribution >= 4 is 52.3 Å². The Morgan fingerprint density at radius 3 is 2.67 bits per heavy atom. The normalized spacial score (nSPS) is 10.1. The molecular formula is C18H16Cl2N2O2. The van der Waals surface area contributed by atoms with E-state index < -0.39 is 0 Å². The molecule has 124 valence electrons. The van der Waals surface area contributed by atoms with Crippen molar-refractivity contribution in [2.75, 3.05) is 12.4 Å². The summed E-state index contributed by atoms with van der Waals surface area (Å²) in [5, 5.41) is 4.84. The van der Waals surface area contributed by atoms with Crippen LogP contribution >= 0.6 is 24.0 Å². The third kappa shape index (κ3) is 3.78. The molecule has 0 fully saturated rings. The number of carbonyl (C=O) groups excluding carboxylic acids is 1. The molecule has 2 aromatic carbocycles. The first-order valence-electron chi connectivity index (χ1n) is 7.09. The van der Waals surface area contributed by atoms with Gasteiger partial charge in [0.05, 0.1) is 18.2 Å². The predicted molar refractivity (Wildman–Crippen MR) is 99.8 cm³/mol. The van der Waals surface area contributed by atoms with Crippen LogP contribution < -0.4 is 5.32 Å². The average Bonchev–Trinajstić information content (AvgIpc) is 2.53. The number of aryl methyl sites for hydroxylation is 1. The van der Waals surface area contributed by atoms with E-state index in [-0.39, 0.29) is 18.4 Å². The number of hydrogen-bond donors (Lipinski definition) is 1. The fourth-order valence-electron chi connectivity index (χ4n) is 2.43. The molecule has 0 spiro atoms. The quantitative estimate of drug-likeness (QED) is 0.654. The molecule has 0 atom stereocenters. The number of benzene rings is 2. The lowest BCUT2D eigenvalue weighted by Gasteiger charge is -2.12. The van der Waals surface area contributed by atoms with Crippen LogP contribution in [0, 0.1) is 6.92 Å². The molecule has 6 heteroatoms. The van der Waals surface area contributed by atoms with Crippen molar-refractivity contribution < 1.29 is 9.53 Å². The number of esters is 1. The van der Waals surface area contributed by atoms with Crippen molar-refractivity contribution in [1.82, 2.24) is 4.98 Å². The van der Waals surface area contributed by atoms with Gasteiger partial charge in [-0.1, -0.05) is 17.7 Å². The van der Waals surface area contributed by atoms with Gasteiger partial charge in [0.25, 0.3) is 0 Å². The second-order valence-corrected chi connectivity index (χ2v) is 5.61. The summed E-state index contributed by atoms with van der Waals surface area (Å²) in [6.07, 6.45) is 0. The number of aromatic nitrogens is 1. The molecule has 24 heavy (non-hydrogen) atoms. The molecule has 0 aliphatic heterocycles. The van der Waals surface area contributed by atoms with Gasteiger partial charge in [-0.25, -0.2) is 4.79 Å². The smallest absolute Gasteiger partial charge is 0.337 e. The fourth-order valence-corrected chi connectivity index (χ4v) is 2.62. The summed E-state index contributed by atoms with van der Waals surface area (Å²) >= 11 is 6.03. The zero-order chi connectivity index (χ0) is 16.4. The van der Waals surface area contributed by atoms with Crippen molar-refractivity contribution in [2.45, 2.75) is 6.92 Å². The van der Waals surface area contributed by atoms with Crippen molar-refractivity contribution in [3.63, 3.8) is 0 Å². The number of rotatable bonds is 3. The molecule has 0 saturated heterocycles. The number of halogens is 2. The molecule has 1 aromatic heterocycles. The fraction of sp³-hybridized carbons (Fsp3) is 0.111. The Morgan fingerprint density at radius 2 is 1.96 bits per heavy atom. The van der Waals surface area contributed by atoms with E-state index in [0.717, 1.165) is 28.0 Å².